The van der Waals surface area contributed by atoms with Gasteiger partial charge in [0.1, 0.15) is 0 Å². The summed E-state index contributed by atoms with van der Waals surface area (Å²) in [6.07, 6.45) is 0.827. The van der Waals surface area contributed by atoms with Gasteiger partial charge in [0.2, 0.25) is 0 Å². The van der Waals surface area contributed by atoms with Crippen molar-refractivity contribution in [3.8, 4) is 11.3 Å². The standard InChI is InChI=1S/C12H13ClN2S/c1-8-2-3-10(13)9(6-8)11-7-16-12(15-11)4-5-14/h2-3,6-7H,4-5,14H2,1H3. The van der Waals surface area contributed by atoms with E-state index in [-0.39, 0.29) is 0 Å². The highest BCUT2D eigenvalue weighted by molar-refractivity contribution is 7.09. The van der Waals surface area contributed by atoms with E-state index in [9.17, 15) is 0 Å². The van der Waals surface area contributed by atoms with E-state index in [1.807, 2.05) is 24.4 Å². The Kier molecular flexibility index (Phi) is 3.59. The summed E-state index contributed by atoms with van der Waals surface area (Å²) >= 11 is 7.79. The van der Waals surface area contributed by atoms with E-state index in [4.69, 9.17) is 17.3 Å². The summed E-state index contributed by atoms with van der Waals surface area (Å²) in [5, 5.41) is 3.84. The van der Waals surface area contributed by atoms with E-state index in [1.54, 1.807) is 11.3 Å². The molecule has 84 valence electrons. The fourth-order valence-corrected chi connectivity index (χ4v) is 2.54. The van der Waals surface area contributed by atoms with Crippen LogP contribution >= 0.6 is 22.9 Å². The van der Waals surface area contributed by atoms with E-state index in [2.05, 4.69) is 11.1 Å². The third-order valence-corrected chi connectivity index (χ3v) is 3.55. The van der Waals surface area contributed by atoms with Crippen molar-refractivity contribution >= 4 is 22.9 Å². The normalized spacial score (nSPS) is 10.7. The topological polar surface area (TPSA) is 38.9 Å². The molecule has 0 bridgehead atoms. The van der Waals surface area contributed by atoms with Gasteiger partial charge in [0.05, 0.1) is 15.7 Å². The molecule has 1 heterocycles. The van der Waals surface area contributed by atoms with Gasteiger partial charge in [-0.25, -0.2) is 4.98 Å². The minimum absolute atomic E-state index is 0.633. The second kappa shape index (κ2) is 4.95. The number of aryl methyl sites for hydroxylation is 1. The molecule has 1 aromatic carbocycles. The van der Waals surface area contributed by atoms with Crippen LogP contribution in [-0.2, 0) is 6.42 Å². The lowest BCUT2D eigenvalue weighted by atomic mass is 10.1. The minimum atomic E-state index is 0.633. The van der Waals surface area contributed by atoms with Crippen LogP contribution < -0.4 is 5.73 Å². The second-order valence-electron chi connectivity index (χ2n) is 3.65. The van der Waals surface area contributed by atoms with Crippen LogP contribution in [0, 0.1) is 6.92 Å². The first-order chi connectivity index (χ1) is 7.70. The zero-order valence-corrected chi connectivity index (χ0v) is 10.6. The Morgan fingerprint density at radius 2 is 2.25 bits per heavy atom. The first-order valence-corrected chi connectivity index (χ1v) is 6.37. The third kappa shape index (κ3) is 2.43. The molecule has 0 saturated heterocycles. The molecule has 0 atom stereocenters. The number of hydrogen-bond donors (Lipinski definition) is 1. The van der Waals surface area contributed by atoms with Gasteiger partial charge in [-0.15, -0.1) is 11.3 Å². The number of aromatic nitrogens is 1. The zero-order chi connectivity index (χ0) is 11.5. The molecule has 2 N–H and O–H groups in total. The molecule has 2 nitrogen and oxygen atoms in total. The smallest absolute Gasteiger partial charge is 0.0945 e. The Morgan fingerprint density at radius 1 is 1.44 bits per heavy atom. The highest BCUT2D eigenvalue weighted by Crippen LogP contribution is 2.29. The number of thiazole rings is 1. The van der Waals surface area contributed by atoms with E-state index < -0.39 is 0 Å². The van der Waals surface area contributed by atoms with Crippen LogP contribution in [0.15, 0.2) is 23.6 Å². The molecule has 0 fully saturated rings. The van der Waals surface area contributed by atoms with E-state index in [0.717, 1.165) is 27.7 Å². The molecular weight excluding hydrogens is 240 g/mol. The quantitative estimate of drug-likeness (QED) is 0.911. The van der Waals surface area contributed by atoms with Crippen molar-refractivity contribution in [3.63, 3.8) is 0 Å². The first-order valence-electron chi connectivity index (χ1n) is 5.11. The molecule has 2 aromatic rings. The molecule has 1 aromatic heterocycles. The van der Waals surface area contributed by atoms with Gasteiger partial charge in [0, 0.05) is 17.4 Å². The van der Waals surface area contributed by atoms with Crippen molar-refractivity contribution in [2.24, 2.45) is 5.73 Å². The summed E-state index contributed by atoms with van der Waals surface area (Å²) in [7, 11) is 0. The maximum atomic E-state index is 6.16. The Balaban J connectivity index is 2.38. The van der Waals surface area contributed by atoms with Crippen molar-refractivity contribution in [1.82, 2.24) is 4.98 Å². The van der Waals surface area contributed by atoms with Crippen molar-refractivity contribution in [2.45, 2.75) is 13.3 Å². The van der Waals surface area contributed by atoms with Gasteiger partial charge in [-0.1, -0.05) is 23.2 Å². The fraction of sp³-hybridized carbons (Fsp3) is 0.250. The predicted octanol–water partition coefficient (Wildman–Crippen LogP) is 3.27. The number of nitrogens with zero attached hydrogens (tertiary/aromatic N) is 1. The lowest BCUT2D eigenvalue weighted by Gasteiger charge is -2.01. The van der Waals surface area contributed by atoms with Gasteiger partial charge < -0.3 is 5.73 Å². The van der Waals surface area contributed by atoms with Crippen LogP contribution in [0.1, 0.15) is 10.6 Å². The molecule has 0 saturated carbocycles. The number of benzene rings is 1. The Morgan fingerprint density at radius 3 is 3.00 bits per heavy atom. The van der Waals surface area contributed by atoms with Crippen molar-refractivity contribution < 1.29 is 0 Å². The Labute approximate surface area is 104 Å². The molecule has 2 rings (SSSR count). The Bertz CT molecular complexity index is 494. The summed E-state index contributed by atoms with van der Waals surface area (Å²) < 4.78 is 0. The lowest BCUT2D eigenvalue weighted by molar-refractivity contribution is 0.954. The van der Waals surface area contributed by atoms with E-state index in [0.29, 0.717) is 6.54 Å². The van der Waals surface area contributed by atoms with Crippen molar-refractivity contribution in [2.75, 3.05) is 6.54 Å². The summed E-state index contributed by atoms with van der Waals surface area (Å²) in [6.45, 7) is 2.68. The third-order valence-electron chi connectivity index (χ3n) is 2.31. The Hall–Kier alpha value is -0.900. The summed E-state index contributed by atoms with van der Waals surface area (Å²) in [4.78, 5) is 4.53. The van der Waals surface area contributed by atoms with Crippen molar-refractivity contribution in [1.29, 1.82) is 0 Å². The van der Waals surface area contributed by atoms with Crippen LogP contribution in [0.4, 0.5) is 0 Å². The molecule has 16 heavy (non-hydrogen) atoms. The molecule has 0 unspecified atom stereocenters. The lowest BCUT2D eigenvalue weighted by Crippen LogP contribution is -2.01. The molecule has 0 aliphatic rings. The van der Waals surface area contributed by atoms with Gasteiger partial charge in [0.15, 0.2) is 0 Å². The molecule has 0 radical (unpaired) electrons. The first kappa shape index (κ1) is 11.6. The van der Waals surface area contributed by atoms with Gasteiger partial charge in [-0.05, 0) is 25.6 Å². The average Bonchev–Trinajstić information content (AvgIpc) is 2.71. The molecule has 0 aliphatic heterocycles. The molecule has 0 spiro atoms. The van der Waals surface area contributed by atoms with Crippen LogP contribution in [0.25, 0.3) is 11.3 Å². The number of halogens is 1. The maximum absolute atomic E-state index is 6.16. The maximum Gasteiger partial charge on any atom is 0.0945 e. The van der Waals surface area contributed by atoms with Gasteiger partial charge in [0.25, 0.3) is 0 Å². The number of nitrogens with two attached hydrogens (primary N) is 1. The largest absolute Gasteiger partial charge is 0.330 e. The number of hydrogen-bond acceptors (Lipinski definition) is 3. The predicted molar refractivity (Wildman–Crippen MR) is 70.1 cm³/mol. The average molecular weight is 253 g/mol. The highest BCUT2D eigenvalue weighted by Gasteiger charge is 2.08. The second-order valence-corrected chi connectivity index (χ2v) is 5.00. The van der Waals surface area contributed by atoms with Crippen LogP contribution in [-0.4, -0.2) is 11.5 Å². The van der Waals surface area contributed by atoms with E-state index >= 15 is 0 Å². The molecule has 0 aliphatic carbocycles. The highest BCUT2D eigenvalue weighted by atomic mass is 35.5. The molecular formula is C12H13ClN2S. The van der Waals surface area contributed by atoms with Crippen LogP contribution in [0.3, 0.4) is 0 Å². The number of rotatable bonds is 3. The van der Waals surface area contributed by atoms with E-state index in [1.165, 1.54) is 5.56 Å². The summed E-state index contributed by atoms with van der Waals surface area (Å²) in [6, 6.07) is 5.97. The van der Waals surface area contributed by atoms with Crippen LogP contribution in [0.2, 0.25) is 5.02 Å². The monoisotopic (exact) mass is 252 g/mol. The van der Waals surface area contributed by atoms with Gasteiger partial charge in [-0.2, -0.15) is 0 Å². The fourth-order valence-electron chi connectivity index (χ4n) is 1.51. The minimum Gasteiger partial charge on any atom is -0.330 e. The molecule has 0 amide bonds. The van der Waals surface area contributed by atoms with Crippen LogP contribution in [0.5, 0.6) is 0 Å². The summed E-state index contributed by atoms with van der Waals surface area (Å²) in [5.74, 6) is 0. The summed E-state index contributed by atoms with van der Waals surface area (Å²) in [5.41, 5.74) is 8.64. The zero-order valence-electron chi connectivity index (χ0n) is 9.03. The van der Waals surface area contributed by atoms with Crippen molar-refractivity contribution in [3.05, 3.63) is 39.2 Å². The SMILES string of the molecule is Cc1ccc(Cl)c(-c2csc(CCN)n2)c1. The van der Waals surface area contributed by atoms with Gasteiger partial charge in [-0.3, -0.25) is 0 Å². The van der Waals surface area contributed by atoms with Gasteiger partial charge >= 0.3 is 0 Å². The molecule has 4 heteroatoms.